The van der Waals surface area contributed by atoms with Crippen molar-refractivity contribution >= 4 is 0 Å². The summed E-state index contributed by atoms with van der Waals surface area (Å²) < 4.78 is 7.98. The lowest BCUT2D eigenvalue weighted by molar-refractivity contribution is -0.395. The molecule has 4 bridgehead atoms. The van der Waals surface area contributed by atoms with Crippen molar-refractivity contribution in [3.8, 4) is 0 Å². The fourth-order valence-corrected chi connectivity index (χ4v) is 18.8. The van der Waals surface area contributed by atoms with Crippen LogP contribution in [0.2, 0.25) is 0 Å². The average Bonchev–Trinajstić information content (AvgIpc) is 3.41. The van der Waals surface area contributed by atoms with Gasteiger partial charge in [-0.1, -0.05) is 26.7 Å². The zero-order chi connectivity index (χ0) is 33.0. The van der Waals surface area contributed by atoms with Crippen LogP contribution < -0.4 is 16.8 Å². The molecular weight excluding hydrogens is 590 g/mol. The fraction of sp³-hybridized carbons (Fsp3) is 1.00. The Hall–Kier alpha value is -0.200. The van der Waals surface area contributed by atoms with Crippen LogP contribution in [0.3, 0.4) is 0 Å². The molecule has 11 aliphatic rings. The van der Waals surface area contributed by atoms with E-state index in [0.29, 0.717) is 29.1 Å². The number of aliphatic hydroxyl groups is 1. The van der Waals surface area contributed by atoms with Crippen LogP contribution in [-0.2, 0) is 4.74 Å². The van der Waals surface area contributed by atoms with Crippen molar-refractivity contribution in [2.24, 2.45) is 112 Å². The van der Waals surface area contributed by atoms with Crippen LogP contribution in [0.25, 0.3) is 0 Å². The minimum absolute atomic E-state index is 0.106. The molecule has 5 heteroatoms. The standard InChI is InChI=1S/C43H71N3O2/c1-23(2)16-24-14-15-41(17-24)18-31-34(26-9-13-33(44)46-20-26)28-7-5-6-25-8-11-29-37(35(25)28)36(31)32(19-41)43-22-42(45)27(21-47)10-12-30(38(29)43)39(42)40(3,4)48-43/h23-39,46-47H,5-22,44-45H2,1-4H3/t24-,25?,26?,27-,28?,29?,30+,31+,32+,33?,34+,35?,36-,37?,38-,39-,41+,42-,43-/m0/s1. The van der Waals surface area contributed by atoms with E-state index in [1.165, 1.54) is 83.5 Å². The minimum atomic E-state index is -0.291. The number of nitrogens with one attached hydrogen (secondary N) is 1. The normalized spacial score (nSPS) is 60.5. The first-order valence-corrected chi connectivity index (χ1v) is 21.6. The van der Waals surface area contributed by atoms with E-state index in [-0.39, 0.29) is 35.4 Å². The first-order valence-electron chi connectivity index (χ1n) is 21.6. The highest BCUT2D eigenvalue weighted by atomic mass is 16.5. The summed E-state index contributed by atoms with van der Waals surface area (Å²) in [4.78, 5) is 0. The number of rotatable bonds is 4. The maximum atomic E-state index is 10.9. The first kappa shape index (κ1) is 32.5. The third kappa shape index (κ3) is 4.27. The second kappa shape index (κ2) is 10.9. The zero-order valence-corrected chi connectivity index (χ0v) is 31.1. The van der Waals surface area contributed by atoms with Gasteiger partial charge in [-0.15, -0.1) is 0 Å². The summed E-state index contributed by atoms with van der Waals surface area (Å²) in [5.74, 6) is 12.2. The molecule has 48 heavy (non-hydrogen) atoms. The van der Waals surface area contributed by atoms with Gasteiger partial charge in [-0.05, 0) is 199 Å². The van der Waals surface area contributed by atoms with E-state index in [4.69, 9.17) is 16.2 Å². The van der Waals surface area contributed by atoms with E-state index < -0.39 is 0 Å². The van der Waals surface area contributed by atoms with Crippen molar-refractivity contribution in [3.05, 3.63) is 0 Å². The quantitative estimate of drug-likeness (QED) is 0.253. The van der Waals surface area contributed by atoms with E-state index in [0.717, 1.165) is 90.9 Å². The van der Waals surface area contributed by atoms with Gasteiger partial charge in [-0.3, -0.25) is 0 Å². The predicted molar refractivity (Wildman–Crippen MR) is 191 cm³/mol. The van der Waals surface area contributed by atoms with E-state index in [1.54, 1.807) is 0 Å². The van der Waals surface area contributed by atoms with Crippen LogP contribution in [-0.4, -0.2) is 41.2 Å². The van der Waals surface area contributed by atoms with Crippen molar-refractivity contribution in [1.29, 1.82) is 0 Å². The Morgan fingerprint density at radius 3 is 2.40 bits per heavy atom. The number of piperidine rings is 1. The van der Waals surface area contributed by atoms with Crippen LogP contribution in [0, 0.1) is 100 Å². The van der Waals surface area contributed by atoms with Crippen molar-refractivity contribution < 1.29 is 9.84 Å². The van der Waals surface area contributed by atoms with Crippen molar-refractivity contribution in [2.75, 3.05) is 13.2 Å². The van der Waals surface area contributed by atoms with Crippen molar-refractivity contribution in [1.82, 2.24) is 5.32 Å². The van der Waals surface area contributed by atoms with E-state index >= 15 is 0 Å². The average molecular weight is 662 g/mol. The van der Waals surface area contributed by atoms with Gasteiger partial charge in [0.15, 0.2) is 0 Å². The minimum Gasteiger partial charge on any atom is -0.396 e. The lowest BCUT2D eigenvalue weighted by Crippen LogP contribution is -2.85. The maximum Gasteiger partial charge on any atom is 0.0772 e. The molecule has 0 amide bonds. The van der Waals surface area contributed by atoms with Crippen LogP contribution in [0.15, 0.2) is 0 Å². The maximum absolute atomic E-state index is 10.9. The van der Waals surface area contributed by atoms with Gasteiger partial charge in [0, 0.05) is 24.0 Å². The molecule has 2 spiro atoms. The molecule has 8 saturated carbocycles. The van der Waals surface area contributed by atoms with Crippen LogP contribution in [0.5, 0.6) is 0 Å². The molecule has 6 N–H and O–H groups in total. The monoisotopic (exact) mass is 662 g/mol. The summed E-state index contributed by atoms with van der Waals surface area (Å²) in [7, 11) is 0. The highest BCUT2D eigenvalue weighted by Gasteiger charge is 2.80. The summed E-state index contributed by atoms with van der Waals surface area (Å²) >= 11 is 0. The molecule has 0 aromatic rings. The summed E-state index contributed by atoms with van der Waals surface area (Å²) in [6, 6.07) is 0. The second-order valence-electron chi connectivity index (χ2n) is 21.7. The molecule has 270 valence electrons. The molecular formula is C43H71N3O2. The molecule has 3 aliphatic heterocycles. The number of fused-ring (bicyclic) bond motifs is 1. The SMILES string of the molecule is CC(C)C[C@@H]1CC[C@@]2(C1)C[C@@H]1[C@H](C3CCC(N)NC3)C3CCCC4CCC5C(C43)[C@@H]1[C@@H](C2)[C@]12C[C@]3(N)[C@H](CO)CC[C@@H]([C@H]3C(C)(C)O1)[C@H]52. The first-order chi connectivity index (χ1) is 23.0. The molecule has 3 saturated heterocycles. The predicted octanol–water partition coefficient (Wildman–Crippen LogP) is 7.35. The molecule has 0 radical (unpaired) electrons. The smallest absolute Gasteiger partial charge is 0.0772 e. The van der Waals surface area contributed by atoms with Crippen LogP contribution in [0.1, 0.15) is 130 Å². The fourth-order valence-electron chi connectivity index (χ4n) is 18.8. The van der Waals surface area contributed by atoms with Crippen LogP contribution in [0.4, 0.5) is 0 Å². The Morgan fingerprint density at radius 2 is 1.62 bits per heavy atom. The van der Waals surface area contributed by atoms with Gasteiger partial charge in [-0.25, -0.2) is 0 Å². The molecule has 7 unspecified atom stereocenters. The number of hydrogen-bond acceptors (Lipinski definition) is 5. The van der Waals surface area contributed by atoms with Gasteiger partial charge < -0.3 is 26.6 Å². The summed E-state index contributed by atoms with van der Waals surface area (Å²) in [6.07, 6.45) is 22.3. The van der Waals surface area contributed by atoms with Gasteiger partial charge in [-0.2, -0.15) is 0 Å². The lowest BCUT2D eigenvalue weighted by atomic mass is 9.29. The molecule has 11 fully saturated rings. The van der Waals surface area contributed by atoms with Crippen molar-refractivity contribution in [3.63, 3.8) is 0 Å². The lowest BCUT2D eigenvalue weighted by Gasteiger charge is -2.81. The molecule has 11 rings (SSSR count). The Balaban J connectivity index is 1.15. The molecule has 0 aromatic carbocycles. The molecule has 0 aromatic heterocycles. The number of ether oxygens (including phenoxy) is 1. The summed E-state index contributed by atoms with van der Waals surface area (Å²) in [5.41, 5.74) is 14.3. The van der Waals surface area contributed by atoms with E-state index in [2.05, 4.69) is 33.0 Å². The summed E-state index contributed by atoms with van der Waals surface area (Å²) in [5, 5.41) is 14.7. The van der Waals surface area contributed by atoms with Gasteiger partial charge >= 0.3 is 0 Å². The third-order valence-electron chi connectivity index (χ3n) is 19.1. The van der Waals surface area contributed by atoms with Crippen LogP contribution >= 0.6 is 0 Å². The van der Waals surface area contributed by atoms with Gasteiger partial charge in [0.25, 0.3) is 0 Å². The van der Waals surface area contributed by atoms with Crippen molar-refractivity contribution in [2.45, 2.75) is 153 Å². The highest BCUT2D eigenvalue weighted by Crippen LogP contribution is 2.79. The van der Waals surface area contributed by atoms with Gasteiger partial charge in [0.2, 0.25) is 0 Å². The molecule has 5 nitrogen and oxygen atoms in total. The third-order valence-corrected chi connectivity index (χ3v) is 19.1. The largest absolute Gasteiger partial charge is 0.396 e. The van der Waals surface area contributed by atoms with E-state index in [1.807, 2.05) is 0 Å². The highest BCUT2D eigenvalue weighted by molar-refractivity contribution is 5.30. The summed E-state index contributed by atoms with van der Waals surface area (Å²) in [6.45, 7) is 11.2. The molecule has 8 aliphatic carbocycles. The Morgan fingerprint density at radius 1 is 0.812 bits per heavy atom. The topological polar surface area (TPSA) is 93.5 Å². The molecule has 3 heterocycles. The van der Waals surface area contributed by atoms with Gasteiger partial charge in [0.05, 0.1) is 17.4 Å². The number of hydrogen-bond donors (Lipinski definition) is 4. The van der Waals surface area contributed by atoms with Gasteiger partial charge in [0.1, 0.15) is 0 Å². The zero-order valence-electron chi connectivity index (χ0n) is 31.1. The molecule has 19 atom stereocenters. The number of nitrogens with two attached hydrogens (primary N) is 2. The number of aliphatic hydroxyl groups excluding tert-OH is 1. The Kier molecular flexibility index (Phi) is 7.38. The second-order valence-corrected chi connectivity index (χ2v) is 21.7. The Bertz CT molecular complexity index is 1260. The Labute approximate surface area is 292 Å². The van der Waals surface area contributed by atoms with E-state index in [9.17, 15) is 5.11 Å².